The summed E-state index contributed by atoms with van der Waals surface area (Å²) >= 11 is 0. The van der Waals surface area contributed by atoms with Crippen molar-refractivity contribution < 1.29 is 4.79 Å². The van der Waals surface area contributed by atoms with Gasteiger partial charge in [0.25, 0.3) is 5.91 Å². The van der Waals surface area contributed by atoms with E-state index < -0.39 is 0 Å². The number of carbonyl (C=O) groups is 1. The summed E-state index contributed by atoms with van der Waals surface area (Å²) in [7, 11) is 0. The monoisotopic (exact) mass is 250 g/mol. The summed E-state index contributed by atoms with van der Waals surface area (Å²) in [4.78, 5) is 11.9. The van der Waals surface area contributed by atoms with Crippen molar-refractivity contribution in [1.29, 1.82) is 0 Å². The first kappa shape index (κ1) is 13.1. The second kappa shape index (κ2) is 5.10. The third-order valence-electron chi connectivity index (χ3n) is 3.29. The molecule has 1 aliphatic rings. The lowest BCUT2D eigenvalue weighted by molar-refractivity contribution is 0.0945. The molecule has 1 atom stereocenters. The zero-order valence-electron chi connectivity index (χ0n) is 11.3. The largest absolute Gasteiger partial charge is 0.349 e. The van der Waals surface area contributed by atoms with Gasteiger partial charge in [-0.2, -0.15) is 5.10 Å². The van der Waals surface area contributed by atoms with Gasteiger partial charge in [0.05, 0.1) is 0 Å². The number of rotatable bonds is 3. The first-order valence-corrected chi connectivity index (χ1v) is 6.54. The minimum atomic E-state index is -0.101. The Hall–Kier alpha value is -1.36. The Morgan fingerprint density at radius 1 is 1.56 bits per heavy atom. The number of nitrogens with one attached hydrogen (secondary N) is 3. The van der Waals surface area contributed by atoms with Crippen molar-refractivity contribution in [3.05, 3.63) is 17.5 Å². The summed E-state index contributed by atoms with van der Waals surface area (Å²) in [6, 6.07) is 2.24. The number of aromatic nitrogens is 2. The van der Waals surface area contributed by atoms with Crippen molar-refractivity contribution in [2.45, 2.75) is 45.1 Å². The topological polar surface area (TPSA) is 69.8 Å². The molecule has 5 nitrogen and oxygen atoms in total. The molecule has 1 unspecified atom stereocenters. The second-order valence-corrected chi connectivity index (χ2v) is 5.92. The number of amides is 1. The molecule has 5 heteroatoms. The minimum Gasteiger partial charge on any atom is -0.349 e. The molecule has 18 heavy (non-hydrogen) atoms. The van der Waals surface area contributed by atoms with Crippen LogP contribution in [0.3, 0.4) is 0 Å². The molecule has 1 aromatic heterocycles. The van der Waals surface area contributed by atoms with Gasteiger partial charge in [-0.1, -0.05) is 20.8 Å². The summed E-state index contributed by atoms with van der Waals surface area (Å²) in [5.74, 6) is -0.101. The van der Waals surface area contributed by atoms with Crippen LogP contribution in [0.1, 0.15) is 49.8 Å². The molecular weight excluding hydrogens is 228 g/mol. The highest BCUT2D eigenvalue weighted by atomic mass is 16.1. The minimum absolute atomic E-state index is 0.0153. The first-order valence-electron chi connectivity index (χ1n) is 6.54. The molecule has 1 aliphatic heterocycles. The smallest absolute Gasteiger partial charge is 0.271 e. The van der Waals surface area contributed by atoms with Crippen molar-refractivity contribution in [3.8, 4) is 0 Å². The van der Waals surface area contributed by atoms with Crippen molar-refractivity contribution in [2.75, 3.05) is 13.1 Å². The molecule has 1 aromatic rings. The van der Waals surface area contributed by atoms with E-state index in [0.717, 1.165) is 18.7 Å². The highest BCUT2D eigenvalue weighted by Gasteiger charge is 2.20. The van der Waals surface area contributed by atoms with Crippen molar-refractivity contribution in [1.82, 2.24) is 20.8 Å². The summed E-state index contributed by atoms with van der Waals surface area (Å²) in [6.07, 6.45) is 2.32. The highest BCUT2D eigenvalue weighted by molar-refractivity contribution is 5.92. The third kappa shape index (κ3) is 3.10. The molecule has 1 fully saturated rings. The van der Waals surface area contributed by atoms with Gasteiger partial charge in [-0.3, -0.25) is 9.89 Å². The third-order valence-corrected chi connectivity index (χ3v) is 3.29. The molecular formula is C13H22N4O. The van der Waals surface area contributed by atoms with Gasteiger partial charge in [0, 0.05) is 23.7 Å². The summed E-state index contributed by atoms with van der Waals surface area (Å²) in [5, 5.41) is 13.3. The fourth-order valence-corrected chi connectivity index (χ4v) is 2.06. The van der Waals surface area contributed by atoms with E-state index in [-0.39, 0.29) is 11.3 Å². The molecule has 0 radical (unpaired) electrons. The zero-order valence-corrected chi connectivity index (χ0v) is 11.3. The highest BCUT2D eigenvalue weighted by Crippen LogP contribution is 2.20. The van der Waals surface area contributed by atoms with Crippen molar-refractivity contribution in [2.24, 2.45) is 0 Å². The van der Waals surface area contributed by atoms with E-state index in [1.165, 1.54) is 6.42 Å². The predicted octanol–water partition coefficient (Wildman–Crippen LogP) is 1.19. The number of hydrogen-bond acceptors (Lipinski definition) is 3. The van der Waals surface area contributed by atoms with Crippen LogP contribution in [0.2, 0.25) is 0 Å². The van der Waals surface area contributed by atoms with Crippen LogP contribution in [-0.2, 0) is 5.41 Å². The predicted molar refractivity (Wildman–Crippen MR) is 70.6 cm³/mol. The van der Waals surface area contributed by atoms with Gasteiger partial charge in [-0.05, 0) is 25.5 Å². The Kier molecular flexibility index (Phi) is 3.71. The van der Waals surface area contributed by atoms with E-state index in [1.807, 2.05) is 6.07 Å². The number of nitrogens with zero attached hydrogens (tertiary/aromatic N) is 1. The van der Waals surface area contributed by atoms with E-state index in [1.54, 1.807) is 0 Å². The van der Waals surface area contributed by atoms with E-state index in [2.05, 4.69) is 41.6 Å². The molecule has 1 amide bonds. The van der Waals surface area contributed by atoms with Crippen LogP contribution >= 0.6 is 0 Å². The van der Waals surface area contributed by atoms with Crippen LogP contribution in [0.15, 0.2) is 6.07 Å². The van der Waals surface area contributed by atoms with Gasteiger partial charge in [0.2, 0.25) is 0 Å². The maximum absolute atomic E-state index is 11.9. The van der Waals surface area contributed by atoms with Gasteiger partial charge in [0.1, 0.15) is 5.69 Å². The number of aromatic amines is 1. The molecule has 1 saturated heterocycles. The van der Waals surface area contributed by atoms with Crippen LogP contribution in [0.4, 0.5) is 0 Å². The van der Waals surface area contributed by atoms with Crippen LogP contribution in [0, 0.1) is 0 Å². The standard InChI is InChI=1S/C13H22N4O/c1-13(2,3)11-7-10(16-17-11)12(18)15-8-9-5-4-6-14-9/h7,9,14H,4-6,8H2,1-3H3,(H,15,18)(H,16,17). The fraction of sp³-hybridized carbons (Fsp3) is 0.692. The van der Waals surface area contributed by atoms with E-state index in [4.69, 9.17) is 0 Å². The Morgan fingerprint density at radius 2 is 2.33 bits per heavy atom. The van der Waals surface area contributed by atoms with Gasteiger partial charge in [-0.25, -0.2) is 0 Å². The summed E-state index contributed by atoms with van der Waals surface area (Å²) in [5.41, 5.74) is 1.43. The number of hydrogen-bond donors (Lipinski definition) is 3. The van der Waals surface area contributed by atoms with E-state index in [9.17, 15) is 4.79 Å². The SMILES string of the molecule is CC(C)(C)c1cc(C(=O)NCC2CCCN2)n[nH]1. The van der Waals surface area contributed by atoms with E-state index in [0.29, 0.717) is 18.3 Å². The Bertz CT molecular complexity index is 413. The van der Waals surface area contributed by atoms with Gasteiger partial charge in [-0.15, -0.1) is 0 Å². The molecule has 0 aliphatic carbocycles. The molecule has 0 aromatic carbocycles. The molecule has 0 bridgehead atoms. The average Bonchev–Trinajstić information content (AvgIpc) is 2.96. The molecule has 0 spiro atoms. The summed E-state index contributed by atoms with van der Waals surface area (Å²) < 4.78 is 0. The average molecular weight is 250 g/mol. The Balaban J connectivity index is 1.90. The maximum atomic E-state index is 11.9. The molecule has 2 rings (SSSR count). The molecule has 2 heterocycles. The lowest BCUT2D eigenvalue weighted by Gasteiger charge is -2.14. The maximum Gasteiger partial charge on any atom is 0.271 e. The van der Waals surface area contributed by atoms with Crippen molar-refractivity contribution in [3.63, 3.8) is 0 Å². The number of H-pyrrole nitrogens is 1. The lowest BCUT2D eigenvalue weighted by atomic mass is 9.92. The zero-order chi connectivity index (χ0) is 13.2. The van der Waals surface area contributed by atoms with E-state index >= 15 is 0 Å². The van der Waals surface area contributed by atoms with Crippen LogP contribution in [0.5, 0.6) is 0 Å². The molecule has 0 saturated carbocycles. The van der Waals surface area contributed by atoms with Gasteiger partial charge in [0.15, 0.2) is 0 Å². The molecule has 100 valence electrons. The quantitative estimate of drug-likeness (QED) is 0.754. The van der Waals surface area contributed by atoms with Crippen LogP contribution in [-0.4, -0.2) is 35.2 Å². The first-order chi connectivity index (χ1) is 8.47. The van der Waals surface area contributed by atoms with Crippen LogP contribution in [0.25, 0.3) is 0 Å². The van der Waals surface area contributed by atoms with Crippen molar-refractivity contribution >= 4 is 5.91 Å². The lowest BCUT2D eigenvalue weighted by Crippen LogP contribution is -2.37. The fourth-order valence-electron chi connectivity index (χ4n) is 2.06. The second-order valence-electron chi connectivity index (χ2n) is 5.92. The normalized spacial score (nSPS) is 20.1. The van der Waals surface area contributed by atoms with Gasteiger partial charge < -0.3 is 10.6 Å². The summed E-state index contributed by atoms with van der Waals surface area (Å²) in [6.45, 7) is 7.99. The molecule has 3 N–H and O–H groups in total. The Morgan fingerprint density at radius 3 is 2.89 bits per heavy atom. The Labute approximate surface area is 108 Å². The van der Waals surface area contributed by atoms with Crippen LogP contribution < -0.4 is 10.6 Å². The van der Waals surface area contributed by atoms with Gasteiger partial charge >= 0.3 is 0 Å². The number of carbonyl (C=O) groups excluding carboxylic acids is 1.